The van der Waals surface area contributed by atoms with Crippen molar-refractivity contribution in [3.05, 3.63) is 0 Å². The zero-order valence-corrected chi connectivity index (χ0v) is 10.5. The first-order valence-electron chi connectivity index (χ1n) is 5.46. The largest absolute Gasteiger partial charge is 0.569 e. The molecule has 3 N–H and O–H groups in total. The van der Waals surface area contributed by atoms with Gasteiger partial charge in [0, 0.05) is 0 Å². The van der Waals surface area contributed by atoms with E-state index >= 15 is 0 Å². The first-order chi connectivity index (χ1) is 7.12. The van der Waals surface area contributed by atoms with E-state index in [1.54, 1.807) is 6.92 Å². The number of hydrogen-bond donors (Lipinski definition) is 3. The topological polar surface area (TPSA) is 71.0 Å². The lowest BCUT2D eigenvalue weighted by atomic mass is 10.3. The number of nitrogens with one attached hydrogen (secondary N) is 1. The molecule has 15 heavy (non-hydrogen) atoms. The van der Waals surface area contributed by atoms with E-state index in [1.807, 2.05) is 0 Å². The Bertz CT molecular complexity index is 146. The quantitative estimate of drug-likeness (QED) is 0.398. The molecule has 0 aromatic heterocycles. The van der Waals surface area contributed by atoms with Crippen LogP contribution in [-0.2, 0) is 9.05 Å². The Kier molecular flexibility index (Phi) is 9.60. The van der Waals surface area contributed by atoms with E-state index < -0.39 is 8.17 Å². The fraction of sp³-hybridized carbons (Fsp3) is 1.00. The molecular formula is C9H23NO4P+. The third-order valence-corrected chi connectivity index (χ3v) is 2.84. The number of rotatable bonds is 10. The Morgan fingerprint density at radius 1 is 1.07 bits per heavy atom. The Morgan fingerprint density at radius 3 is 2.40 bits per heavy atom. The molecule has 0 aromatic carbocycles. The van der Waals surface area contributed by atoms with E-state index in [0.29, 0.717) is 6.61 Å². The van der Waals surface area contributed by atoms with Gasteiger partial charge in [-0.25, -0.2) is 0 Å². The number of hydrogen-bond acceptors (Lipinski definition) is 5. The Hall–Kier alpha value is 0.230. The molecule has 0 radical (unpaired) electrons. The highest BCUT2D eigenvalue weighted by atomic mass is 31.2. The maximum atomic E-state index is 9.16. The van der Waals surface area contributed by atoms with Gasteiger partial charge in [0.2, 0.25) is 0 Å². The minimum absolute atomic E-state index is 0.249. The molecule has 0 heterocycles. The van der Waals surface area contributed by atoms with Crippen molar-refractivity contribution in [1.29, 1.82) is 0 Å². The van der Waals surface area contributed by atoms with Crippen molar-refractivity contribution >= 4 is 8.17 Å². The average Bonchev–Trinajstić information content (AvgIpc) is 2.16. The minimum Gasteiger partial charge on any atom is -0.317 e. The van der Waals surface area contributed by atoms with Gasteiger partial charge in [-0.05, 0) is 39.3 Å². The van der Waals surface area contributed by atoms with Crippen molar-refractivity contribution in [2.75, 3.05) is 26.3 Å². The monoisotopic (exact) mass is 240 g/mol. The summed E-state index contributed by atoms with van der Waals surface area (Å²) >= 11 is 0. The van der Waals surface area contributed by atoms with Crippen LogP contribution in [0.15, 0.2) is 0 Å². The van der Waals surface area contributed by atoms with Gasteiger partial charge >= 0.3 is 8.17 Å². The summed E-state index contributed by atoms with van der Waals surface area (Å²) in [6, 6.07) is 0. The number of unbranched alkanes of at least 4 members (excludes halogenated alkanes) is 1. The molecule has 0 saturated carbocycles. The van der Waals surface area contributed by atoms with Gasteiger partial charge in [0.25, 0.3) is 0 Å². The van der Waals surface area contributed by atoms with Crippen molar-refractivity contribution in [3.8, 4) is 0 Å². The second kappa shape index (κ2) is 9.46. The highest BCUT2D eigenvalue weighted by Crippen LogP contribution is 2.52. The fourth-order valence-corrected chi connectivity index (χ4v) is 1.82. The van der Waals surface area contributed by atoms with Crippen LogP contribution in [0.3, 0.4) is 0 Å². The maximum absolute atomic E-state index is 9.16. The molecule has 5 nitrogen and oxygen atoms in total. The Labute approximate surface area is 92.5 Å². The van der Waals surface area contributed by atoms with Gasteiger partial charge in [0.05, 0.1) is 6.61 Å². The van der Waals surface area contributed by atoms with Crippen molar-refractivity contribution in [2.45, 2.75) is 33.1 Å². The highest BCUT2D eigenvalue weighted by Gasteiger charge is 2.38. The predicted molar refractivity (Wildman–Crippen MR) is 61.3 cm³/mol. The van der Waals surface area contributed by atoms with E-state index in [1.165, 1.54) is 0 Å². The van der Waals surface area contributed by atoms with E-state index in [-0.39, 0.29) is 6.61 Å². The fourth-order valence-electron chi connectivity index (χ4n) is 1.04. The smallest absolute Gasteiger partial charge is 0.317 e. The van der Waals surface area contributed by atoms with Crippen LogP contribution in [0.1, 0.15) is 33.1 Å². The molecular weight excluding hydrogens is 217 g/mol. The zero-order valence-electron chi connectivity index (χ0n) is 9.61. The van der Waals surface area contributed by atoms with Crippen LogP contribution in [0, 0.1) is 0 Å². The minimum atomic E-state index is -3.52. The molecule has 0 aliphatic rings. The molecule has 0 saturated heterocycles. The summed E-state index contributed by atoms with van der Waals surface area (Å²) in [5, 5.41) is 3.26. The molecule has 0 unspecified atom stereocenters. The normalized spacial score (nSPS) is 12.0. The van der Waals surface area contributed by atoms with Crippen molar-refractivity contribution in [2.24, 2.45) is 0 Å². The second-order valence-corrected chi connectivity index (χ2v) is 4.70. The molecule has 0 aromatic rings. The molecule has 0 spiro atoms. The molecule has 0 aliphatic carbocycles. The third kappa shape index (κ3) is 10.5. The molecule has 0 fully saturated rings. The van der Waals surface area contributed by atoms with Crippen molar-refractivity contribution < 1.29 is 18.8 Å². The predicted octanol–water partition coefficient (Wildman–Crippen LogP) is 1.48. The van der Waals surface area contributed by atoms with Gasteiger partial charge in [0.15, 0.2) is 0 Å². The van der Waals surface area contributed by atoms with Crippen LogP contribution in [0.4, 0.5) is 0 Å². The summed E-state index contributed by atoms with van der Waals surface area (Å²) in [5.41, 5.74) is 0. The summed E-state index contributed by atoms with van der Waals surface area (Å²) in [7, 11) is -3.52. The lowest BCUT2D eigenvalue weighted by Gasteiger charge is -2.08. The molecule has 0 atom stereocenters. The van der Waals surface area contributed by atoms with E-state index in [9.17, 15) is 0 Å². The highest BCUT2D eigenvalue weighted by molar-refractivity contribution is 7.54. The van der Waals surface area contributed by atoms with Crippen LogP contribution in [0.25, 0.3) is 0 Å². The molecule has 0 aliphatic heterocycles. The SMILES string of the molecule is CCCNCCCCO[P+](O)(O)OCC. The van der Waals surface area contributed by atoms with Crippen molar-refractivity contribution in [1.82, 2.24) is 5.32 Å². The lowest BCUT2D eigenvalue weighted by Crippen LogP contribution is -2.16. The molecule has 0 bridgehead atoms. The molecule has 0 amide bonds. The van der Waals surface area contributed by atoms with E-state index in [2.05, 4.69) is 16.8 Å². The second-order valence-electron chi connectivity index (χ2n) is 3.20. The van der Waals surface area contributed by atoms with E-state index in [4.69, 9.17) is 14.3 Å². The Balaban J connectivity index is 3.22. The van der Waals surface area contributed by atoms with Crippen molar-refractivity contribution in [3.63, 3.8) is 0 Å². The van der Waals surface area contributed by atoms with Gasteiger partial charge in [-0.15, -0.1) is 0 Å². The third-order valence-electron chi connectivity index (χ3n) is 1.73. The lowest BCUT2D eigenvalue weighted by molar-refractivity contribution is 0.119. The zero-order chi connectivity index (χ0) is 11.6. The van der Waals surface area contributed by atoms with Crippen LogP contribution in [0.2, 0.25) is 0 Å². The summed E-state index contributed by atoms with van der Waals surface area (Å²) in [4.78, 5) is 18.3. The average molecular weight is 240 g/mol. The molecule has 6 heteroatoms. The van der Waals surface area contributed by atoms with Gasteiger partial charge in [0.1, 0.15) is 6.61 Å². The van der Waals surface area contributed by atoms with Gasteiger partial charge in [-0.3, -0.25) is 0 Å². The standard InChI is InChI=1S/C9H23NO4P/c1-3-7-10-8-5-6-9-14-15(11,12)13-4-2/h10-12H,3-9H2,1-2H3/q+1. The summed E-state index contributed by atoms with van der Waals surface area (Å²) in [5.74, 6) is 0. The van der Waals surface area contributed by atoms with Crippen LogP contribution in [-0.4, -0.2) is 36.1 Å². The van der Waals surface area contributed by atoms with Gasteiger partial charge in [-0.1, -0.05) is 6.92 Å². The molecule has 92 valence electrons. The van der Waals surface area contributed by atoms with Gasteiger partial charge < -0.3 is 5.32 Å². The first-order valence-corrected chi connectivity index (χ1v) is 6.99. The first kappa shape index (κ1) is 15.2. The summed E-state index contributed by atoms with van der Waals surface area (Å²) in [6.45, 7) is 6.35. The van der Waals surface area contributed by atoms with Crippen LogP contribution < -0.4 is 5.32 Å². The van der Waals surface area contributed by atoms with Crippen LogP contribution in [0.5, 0.6) is 0 Å². The summed E-state index contributed by atoms with van der Waals surface area (Å²) in [6.07, 6.45) is 2.89. The van der Waals surface area contributed by atoms with Gasteiger partial charge in [-0.2, -0.15) is 18.8 Å². The maximum Gasteiger partial charge on any atom is 0.569 e. The molecule has 0 rings (SSSR count). The van der Waals surface area contributed by atoms with Crippen LogP contribution >= 0.6 is 8.17 Å². The van der Waals surface area contributed by atoms with E-state index in [0.717, 1.165) is 32.4 Å². The Morgan fingerprint density at radius 2 is 1.80 bits per heavy atom. The summed E-state index contributed by atoms with van der Waals surface area (Å²) < 4.78 is 9.51.